The van der Waals surface area contributed by atoms with Gasteiger partial charge in [0.25, 0.3) is 0 Å². The average molecular weight is 280 g/mol. The molecular weight excluding hydrogens is 264 g/mol. The van der Waals surface area contributed by atoms with Crippen LogP contribution in [-0.4, -0.2) is 39.2 Å². The van der Waals surface area contributed by atoms with Crippen molar-refractivity contribution in [2.24, 2.45) is 0 Å². The Labute approximate surface area is 114 Å². The highest BCUT2D eigenvalue weighted by molar-refractivity contribution is 7.86. The molecule has 2 aliphatic heterocycles. The highest BCUT2D eigenvalue weighted by Crippen LogP contribution is 2.54. The van der Waals surface area contributed by atoms with E-state index in [0.29, 0.717) is 4.90 Å². The van der Waals surface area contributed by atoms with Crippen LogP contribution in [0, 0.1) is 6.92 Å². The van der Waals surface area contributed by atoms with Gasteiger partial charge in [0.15, 0.2) is 0 Å². The van der Waals surface area contributed by atoms with Gasteiger partial charge in [-0.1, -0.05) is 23.8 Å². The molecule has 3 rings (SSSR count). The number of aliphatic hydroxyl groups is 1. The molecule has 4 nitrogen and oxygen atoms in total. The Hall–Kier alpha value is -1.01. The molecule has 0 aliphatic carbocycles. The van der Waals surface area contributed by atoms with Gasteiger partial charge < -0.3 is 14.6 Å². The predicted molar refractivity (Wildman–Crippen MR) is 71.1 cm³/mol. The van der Waals surface area contributed by atoms with Gasteiger partial charge in [-0.25, -0.2) is 0 Å². The number of rotatable bonds is 4. The molecule has 0 spiro atoms. The van der Waals surface area contributed by atoms with E-state index in [2.05, 4.69) is 6.58 Å². The van der Waals surface area contributed by atoms with Crippen LogP contribution in [-0.2, 0) is 20.3 Å². The number of aryl methyl sites for hydroxylation is 1. The maximum Gasteiger partial charge on any atom is 0.205 e. The third kappa shape index (κ3) is 1.80. The molecule has 0 amide bonds. The number of benzene rings is 1. The Kier molecular flexibility index (Phi) is 3.09. The fourth-order valence-electron chi connectivity index (χ4n) is 2.54. The summed E-state index contributed by atoms with van der Waals surface area (Å²) < 4.78 is 24.0. The van der Waals surface area contributed by atoms with Crippen LogP contribution in [0.1, 0.15) is 5.56 Å². The van der Waals surface area contributed by atoms with E-state index in [0.717, 1.165) is 5.56 Å². The van der Waals surface area contributed by atoms with Gasteiger partial charge in [-0.15, -0.1) is 6.58 Å². The summed E-state index contributed by atoms with van der Waals surface area (Å²) in [5, 5.41) is 9.24. The van der Waals surface area contributed by atoms with Crippen LogP contribution in [0.3, 0.4) is 0 Å². The lowest BCUT2D eigenvalue weighted by molar-refractivity contribution is -0.0374. The summed E-state index contributed by atoms with van der Waals surface area (Å²) in [6.07, 6.45) is 0.415. The topological polar surface area (TPSA) is 59.1 Å². The molecular formula is C14H16O4S. The van der Waals surface area contributed by atoms with Crippen molar-refractivity contribution < 1.29 is 18.8 Å². The van der Waals surface area contributed by atoms with E-state index in [1.807, 2.05) is 31.2 Å². The van der Waals surface area contributed by atoms with E-state index in [9.17, 15) is 9.32 Å². The minimum absolute atomic E-state index is 0.137. The van der Waals surface area contributed by atoms with Crippen LogP contribution in [0.5, 0.6) is 0 Å². The Morgan fingerprint density at radius 3 is 2.74 bits per heavy atom. The quantitative estimate of drug-likeness (QED) is 0.664. The standard InChI is InChI=1S/C14H16O4S/c1-3-12-14(13(18-14)11(8-15)17-12)19(16)10-6-4-9(2)5-7-10/h3-7,11-13,15H,1,8H2,2H3/t11?,12-,13?,14?,19?/m0/s1. The van der Waals surface area contributed by atoms with E-state index < -0.39 is 27.9 Å². The first-order valence-electron chi connectivity index (χ1n) is 6.18. The maximum absolute atomic E-state index is 12.7. The molecule has 102 valence electrons. The molecule has 0 radical (unpaired) electrons. The van der Waals surface area contributed by atoms with E-state index >= 15 is 0 Å². The van der Waals surface area contributed by atoms with E-state index in [4.69, 9.17) is 9.47 Å². The molecule has 2 aliphatic rings. The molecule has 0 bridgehead atoms. The van der Waals surface area contributed by atoms with Gasteiger partial charge in [-0.05, 0) is 19.1 Å². The molecule has 2 fully saturated rings. The number of hydrogen-bond acceptors (Lipinski definition) is 4. The van der Waals surface area contributed by atoms with Crippen LogP contribution in [0.2, 0.25) is 0 Å². The van der Waals surface area contributed by atoms with Crippen molar-refractivity contribution in [3.05, 3.63) is 42.5 Å². The molecule has 2 heterocycles. The first-order chi connectivity index (χ1) is 9.13. The number of fused-ring (bicyclic) bond motifs is 1. The third-order valence-corrected chi connectivity index (χ3v) is 5.47. The predicted octanol–water partition coefficient (Wildman–Crippen LogP) is 1.14. The first kappa shape index (κ1) is 13.0. The van der Waals surface area contributed by atoms with Gasteiger partial charge >= 0.3 is 0 Å². The van der Waals surface area contributed by atoms with E-state index in [1.165, 1.54) is 0 Å². The second-order valence-corrected chi connectivity index (χ2v) is 6.50. The monoisotopic (exact) mass is 280 g/mol. The van der Waals surface area contributed by atoms with Crippen molar-refractivity contribution in [2.75, 3.05) is 6.61 Å². The van der Waals surface area contributed by atoms with Crippen molar-refractivity contribution in [2.45, 2.75) is 35.1 Å². The summed E-state index contributed by atoms with van der Waals surface area (Å²) in [7, 11) is -1.34. The summed E-state index contributed by atoms with van der Waals surface area (Å²) in [4.78, 5) is -0.160. The number of aliphatic hydroxyl groups excluding tert-OH is 1. The zero-order valence-electron chi connectivity index (χ0n) is 10.6. The SMILES string of the molecule is C=C[C@@H]1OC(CO)C2OC21S(=O)c1ccc(C)cc1. The molecule has 2 saturated heterocycles. The van der Waals surface area contributed by atoms with Gasteiger partial charge in [0.2, 0.25) is 4.93 Å². The van der Waals surface area contributed by atoms with Crippen LogP contribution < -0.4 is 0 Å². The Bertz CT molecular complexity index is 527. The van der Waals surface area contributed by atoms with Crippen molar-refractivity contribution in [1.29, 1.82) is 0 Å². The highest BCUT2D eigenvalue weighted by atomic mass is 32.2. The third-order valence-electron chi connectivity index (χ3n) is 3.63. The molecule has 5 atom stereocenters. The largest absolute Gasteiger partial charge is 0.394 e. The molecule has 0 saturated carbocycles. The number of ether oxygens (including phenoxy) is 2. The van der Waals surface area contributed by atoms with Gasteiger partial charge in [0, 0.05) is 4.90 Å². The Morgan fingerprint density at radius 2 is 2.16 bits per heavy atom. The van der Waals surface area contributed by atoms with Crippen LogP contribution in [0.25, 0.3) is 0 Å². The summed E-state index contributed by atoms with van der Waals surface area (Å²) in [6, 6.07) is 7.52. The molecule has 4 unspecified atom stereocenters. The minimum Gasteiger partial charge on any atom is -0.394 e. The summed E-state index contributed by atoms with van der Waals surface area (Å²) in [5.41, 5.74) is 1.11. The fraction of sp³-hybridized carbons (Fsp3) is 0.429. The zero-order valence-corrected chi connectivity index (χ0v) is 11.4. The summed E-state index contributed by atoms with van der Waals surface area (Å²) in [6.45, 7) is 5.55. The minimum atomic E-state index is -1.34. The summed E-state index contributed by atoms with van der Waals surface area (Å²) >= 11 is 0. The fourth-order valence-corrected chi connectivity index (χ4v) is 4.21. The second-order valence-electron chi connectivity index (χ2n) is 4.86. The molecule has 1 aromatic rings. The van der Waals surface area contributed by atoms with Crippen molar-refractivity contribution in [1.82, 2.24) is 0 Å². The van der Waals surface area contributed by atoms with Gasteiger partial charge in [-0.3, -0.25) is 4.21 Å². The van der Waals surface area contributed by atoms with Crippen molar-refractivity contribution in [3.63, 3.8) is 0 Å². The van der Waals surface area contributed by atoms with Crippen molar-refractivity contribution in [3.8, 4) is 0 Å². The van der Waals surface area contributed by atoms with E-state index in [-0.39, 0.29) is 12.7 Å². The highest BCUT2D eigenvalue weighted by Gasteiger charge is 2.74. The van der Waals surface area contributed by atoms with Gasteiger partial charge in [0.1, 0.15) is 18.3 Å². The lowest BCUT2D eigenvalue weighted by Crippen LogP contribution is -2.31. The van der Waals surface area contributed by atoms with Crippen LogP contribution in [0.15, 0.2) is 41.8 Å². The lowest BCUT2D eigenvalue weighted by Gasteiger charge is -2.17. The first-order valence-corrected chi connectivity index (χ1v) is 7.33. The van der Waals surface area contributed by atoms with Gasteiger partial charge in [0.05, 0.1) is 17.4 Å². The van der Waals surface area contributed by atoms with Crippen molar-refractivity contribution >= 4 is 10.8 Å². The number of hydrogen-bond donors (Lipinski definition) is 1. The zero-order chi connectivity index (χ0) is 13.6. The smallest absolute Gasteiger partial charge is 0.205 e. The van der Waals surface area contributed by atoms with E-state index in [1.54, 1.807) is 6.08 Å². The molecule has 1 aromatic carbocycles. The molecule has 19 heavy (non-hydrogen) atoms. The number of epoxide rings is 1. The normalized spacial score (nSPS) is 37.7. The Balaban J connectivity index is 1.91. The average Bonchev–Trinajstić information content (AvgIpc) is 3.10. The van der Waals surface area contributed by atoms with Crippen LogP contribution >= 0.6 is 0 Å². The molecule has 5 heteroatoms. The van der Waals surface area contributed by atoms with Gasteiger partial charge in [-0.2, -0.15) is 0 Å². The lowest BCUT2D eigenvalue weighted by atomic mass is 10.2. The Morgan fingerprint density at radius 1 is 1.47 bits per heavy atom. The molecule has 0 aromatic heterocycles. The summed E-state index contributed by atoms with van der Waals surface area (Å²) in [5.74, 6) is 0. The van der Waals surface area contributed by atoms with Crippen LogP contribution in [0.4, 0.5) is 0 Å². The second kappa shape index (κ2) is 4.52. The maximum atomic E-state index is 12.7. The molecule has 1 N–H and O–H groups in total.